The van der Waals surface area contributed by atoms with Gasteiger partial charge in [-0.05, 0) is 74.0 Å². The molecule has 4 aliphatic rings. The van der Waals surface area contributed by atoms with Gasteiger partial charge in [0.1, 0.15) is 6.10 Å². The standard InChI is InChI=1S/C17H24O2/c1-8(2)17(18)19-14-7-11-6-13(14)16-10-4-9(3)12(5-10)15(11)16/h9-16H,1,4-7H2,2-3H3. The van der Waals surface area contributed by atoms with Gasteiger partial charge >= 0.3 is 5.97 Å². The summed E-state index contributed by atoms with van der Waals surface area (Å²) in [7, 11) is 0. The Labute approximate surface area is 115 Å². The van der Waals surface area contributed by atoms with Crippen LogP contribution in [0.15, 0.2) is 12.2 Å². The topological polar surface area (TPSA) is 26.3 Å². The molecule has 0 amide bonds. The molecule has 0 spiro atoms. The first-order valence-corrected chi connectivity index (χ1v) is 7.92. The molecule has 2 heteroatoms. The van der Waals surface area contributed by atoms with Crippen molar-refractivity contribution in [1.29, 1.82) is 0 Å². The molecule has 104 valence electrons. The van der Waals surface area contributed by atoms with Crippen LogP contribution in [-0.2, 0) is 9.53 Å². The highest BCUT2D eigenvalue weighted by molar-refractivity contribution is 5.87. The molecule has 0 aromatic rings. The number of hydrogen-bond acceptors (Lipinski definition) is 2. The van der Waals surface area contributed by atoms with E-state index in [4.69, 9.17) is 4.74 Å². The SMILES string of the molecule is C=C(C)C(=O)OC1CC2CC1C1C3CC(C)C(C3)C21. The molecule has 0 aliphatic heterocycles. The fourth-order valence-corrected chi connectivity index (χ4v) is 6.24. The Morgan fingerprint density at radius 3 is 2.42 bits per heavy atom. The summed E-state index contributed by atoms with van der Waals surface area (Å²) in [6.07, 6.45) is 5.54. The molecule has 0 aromatic heterocycles. The van der Waals surface area contributed by atoms with E-state index in [2.05, 4.69) is 13.5 Å². The molecule has 4 rings (SSSR count). The van der Waals surface area contributed by atoms with Gasteiger partial charge in [-0.2, -0.15) is 0 Å². The van der Waals surface area contributed by atoms with Crippen molar-refractivity contribution in [3.05, 3.63) is 12.2 Å². The molecule has 19 heavy (non-hydrogen) atoms. The summed E-state index contributed by atoms with van der Waals surface area (Å²) in [4.78, 5) is 11.8. The highest BCUT2D eigenvalue weighted by Crippen LogP contribution is 2.69. The molecule has 0 saturated heterocycles. The third-order valence-corrected chi connectivity index (χ3v) is 6.70. The molecular weight excluding hydrogens is 236 g/mol. The van der Waals surface area contributed by atoms with E-state index in [1.165, 1.54) is 19.3 Å². The van der Waals surface area contributed by atoms with E-state index >= 15 is 0 Å². The number of ether oxygens (including phenoxy) is 1. The van der Waals surface area contributed by atoms with Crippen molar-refractivity contribution in [1.82, 2.24) is 0 Å². The summed E-state index contributed by atoms with van der Waals surface area (Å²) in [5.41, 5.74) is 0.542. The van der Waals surface area contributed by atoms with Gasteiger partial charge in [-0.3, -0.25) is 0 Å². The number of carbonyl (C=O) groups is 1. The van der Waals surface area contributed by atoms with Gasteiger partial charge in [0.2, 0.25) is 0 Å². The predicted molar refractivity (Wildman–Crippen MR) is 73.3 cm³/mol. The number of fused-ring (bicyclic) bond motifs is 9. The second kappa shape index (κ2) is 3.86. The number of esters is 1. The smallest absolute Gasteiger partial charge is 0.333 e. The number of carbonyl (C=O) groups excluding carboxylic acids is 1. The second-order valence-corrected chi connectivity index (χ2v) is 7.65. The van der Waals surface area contributed by atoms with Crippen molar-refractivity contribution >= 4 is 5.97 Å². The third kappa shape index (κ3) is 1.52. The van der Waals surface area contributed by atoms with Crippen molar-refractivity contribution in [3.63, 3.8) is 0 Å². The van der Waals surface area contributed by atoms with Crippen molar-refractivity contribution in [2.45, 2.75) is 45.6 Å². The van der Waals surface area contributed by atoms with E-state index in [9.17, 15) is 4.79 Å². The van der Waals surface area contributed by atoms with Gasteiger partial charge in [-0.25, -0.2) is 4.79 Å². The van der Waals surface area contributed by atoms with Crippen LogP contribution in [0.3, 0.4) is 0 Å². The van der Waals surface area contributed by atoms with Gasteiger partial charge in [0.15, 0.2) is 0 Å². The van der Waals surface area contributed by atoms with E-state index < -0.39 is 0 Å². The zero-order chi connectivity index (χ0) is 13.3. The average molecular weight is 260 g/mol. The van der Waals surface area contributed by atoms with Crippen LogP contribution in [0, 0.1) is 41.4 Å². The normalized spacial score (nSPS) is 53.4. The molecule has 0 heterocycles. The average Bonchev–Trinajstić information content (AvgIpc) is 3.04. The van der Waals surface area contributed by atoms with Crippen LogP contribution in [-0.4, -0.2) is 12.1 Å². The first kappa shape index (κ1) is 12.0. The first-order valence-electron chi connectivity index (χ1n) is 7.92. The molecule has 8 atom stereocenters. The Bertz CT molecular complexity index is 441. The second-order valence-electron chi connectivity index (χ2n) is 7.65. The molecule has 4 saturated carbocycles. The lowest BCUT2D eigenvalue weighted by Crippen LogP contribution is -2.39. The minimum Gasteiger partial charge on any atom is -0.459 e. The molecular formula is C17H24O2. The van der Waals surface area contributed by atoms with E-state index in [0.29, 0.717) is 11.5 Å². The highest BCUT2D eigenvalue weighted by Gasteiger charge is 2.64. The van der Waals surface area contributed by atoms with E-state index in [1.54, 1.807) is 6.92 Å². The molecule has 2 nitrogen and oxygen atoms in total. The quantitative estimate of drug-likeness (QED) is 0.432. The first-order chi connectivity index (χ1) is 9.06. The summed E-state index contributed by atoms with van der Waals surface area (Å²) < 4.78 is 5.71. The Kier molecular flexibility index (Phi) is 2.44. The lowest BCUT2D eigenvalue weighted by molar-refractivity contribution is -0.149. The minimum atomic E-state index is -0.175. The van der Waals surface area contributed by atoms with Gasteiger partial charge in [0, 0.05) is 5.57 Å². The molecule has 4 fully saturated rings. The van der Waals surface area contributed by atoms with Crippen LogP contribution in [0.4, 0.5) is 0 Å². The molecule has 4 bridgehead atoms. The maximum atomic E-state index is 11.8. The fourth-order valence-electron chi connectivity index (χ4n) is 6.24. The summed E-state index contributed by atoms with van der Waals surface area (Å²) in [6, 6.07) is 0. The van der Waals surface area contributed by atoms with Gasteiger partial charge < -0.3 is 4.74 Å². The monoisotopic (exact) mass is 260 g/mol. The maximum absolute atomic E-state index is 11.8. The van der Waals surface area contributed by atoms with Crippen molar-refractivity contribution in [3.8, 4) is 0 Å². The minimum absolute atomic E-state index is 0.175. The molecule has 8 unspecified atom stereocenters. The van der Waals surface area contributed by atoms with Crippen LogP contribution in [0.2, 0.25) is 0 Å². The number of hydrogen-bond donors (Lipinski definition) is 0. The van der Waals surface area contributed by atoms with Gasteiger partial charge in [-0.1, -0.05) is 13.5 Å². The summed E-state index contributed by atoms with van der Waals surface area (Å²) in [6.45, 7) is 7.90. The van der Waals surface area contributed by atoms with Crippen LogP contribution in [0.25, 0.3) is 0 Å². The van der Waals surface area contributed by atoms with Crippen molar-refractivity contribution < 1.29 is 9.53 Å². The lowest BCUT2D eigenvalue weighted by atomic mass is 9.67. The number of rotatable bonds is 2. The fraction of sp³-hybridized carbons (Fsp3) is 0.824. The molecule has 4 aliphatic carbocycles. The predicted octanol–water partition coefficient (Wildman–Crippen LogP) is 3.42. The van der Waals surface area contributed by atoms with Crippen molar-refractivity contribution in [2.75, 3.05) is 0 Å². The van der Waals surface area contributed by atoms with E-state index in [0.717, 1.165) is 41.9 Å². The van der Waals surface area contributed by atoms with Crippen LogP contribution in [0.5, 0.6) is 0 Å². The Hall–Kier alpha value is -0.790. The van der Waals surface area contributed by atoms with Gasteiger partial charge in [0.25, 0.3) is 0 Å². The zero-order valence-corrected chi connectivity index (χ0v) is 12.0. The highest BCUT2D eigenvalue weighted by atomic mass is 16.5. The van der Waals surface area contributed by atoms with Crippen LogP contribution in [0.1, 0.15) is 39.5 Å². The van der Waals surface area contributed by atoms with E-state index in [-0.39, 0.29) is 12.1 Å². The van der Waals surface area contributed by atoms with Gasteiger partial charge in [-0.15, -0.1) is 0 Å². The van der Waals surface area contributed by atoms with Crippen LogP contribution < -0.4 is 0 Å². The maximum Gasteiger partial charge on any atom is 0.333 e. The van der Waals surface area contributed by atoms with Crippen molar-refractivity contribution in [2.24, 2.45) is 41.4 Å². The Morgan fingerprint density at radius 2 is 1.68 bits per heavy atom. The Balaban J connectivity index is 1.52. The Morgan fingerprint density at radius 1 is 1.05 bits per heavy atom. The van der Waals surface area contributed by atoms with Crippen LogP contribution >= 0.6 is 0 Å². The zero-order valence-electron chi connectivity index (χ0n) is 12.0. The third-order valence-electron chi connectivity index (χ3n) is 6.70. The summed E-state index contributed by atoms with van der Waals surface area (Å²) >= 11 is 0. The molecule has 0 N–H and O–H groups in total. The largest absolute Gasteiger partial charge is 0.459 e. The molecule has 0 radical (unpaired) electrons. The summed E-state index contributed by atoms with van der Waals surface area (Å²) in [5, 5.41) is 0. The molecule has 0 aromatic carbocycles. The summed E-state index contributed by atoms with van der Waals surface area (Å²) in [5.74, 6) is 6.06. The lowest BCUT2D eigenvalue weighted by Gasteiger charge is -2.40. The van der Waals surface area contributed by atoms with Gasteiger partial charge in [0.05, 0.1) is 0 Å². The van der Waals surface area contributed by atoms with E-state index in [1.807, 2.05) is 0 Å².